The molecule has 3 nitrogen and oxygen atoms in total. The van der Waals surface area contributed by atoms with E-state index < -0.39 is 5.91 Å². The summed E-state index contributed by atoms with van der Waals surface area (Å²) >= 11 is 1.81. The second kappa shape index (κ2) is 5.23. The summed E-state index contributed by atoms with van der Waals surface area (Å²) in [6, 6.07) is 9.40. The molecule has 0 spiro atoms. The van der Waals surface area contributed by atoms with Crippen LogP contribution in [-0.2, 0) is 6.54 Å². The van der Waals surface area contributed by atoms with Gasteiger partial charge in [0, 0.05) is 27.5 Å². The van der Waals surface area contributed by atoms with Crippen LogP contribution in [0, 0.1) is 13.8 Å². The number of carbonyl (C=O) groups excluding carboxylic acids is 1. The number of benzene rings is 1. The Labute approximate surface area is 111 Å². The first-order valence-electron chi connectivity index (χ1n) is 5.76. The molecule has 1 amide bonds. The van der Waals surface area contributed by atoms with Gasteiger partial charge in [-0.3, -0.25) is 4.79 Å². The number of carbonyl (C=O) groups is 1. The van der Waals surface area contributed by atoms with E-state index in [9.17, 15) is 4.79 Å². The van der Waals surface area contributed by atoms with E-state index >= 15 is 0 Å². The maximum absolute atomic E-state index is 10.9. The van der Waals surface area contributed by atoms with Crippen molar-refractivity contribution in [2.24, 2.45) is 5.73 Å². The molecular weight excluding hydrogens is 244 g/mol. The number of amides is 1. The lowest BCUT2D eigenvalue weighted by atomic mass is 10.2. The van der Waals surface area contributed by atoms with Gasteiger partial charge >= 0.3 is 0 Å². The Hall–Kier alpha value is -1.81. The van der Waals surface area contributed by atoms with Crippen molar-refractivity contribution < 1.29 is 4.79 Å². The van der Waals surface area contributed by atoms with E-state index in [0.717, 1.165) is 12.2 Å². The van der Waals surface area contributed by atoms with E-state index in [2.05, 4.69) is 25.2 Å². The van der Waals surface area contributed by atoms with Gasteiger partial charge in [-0.1, -0.05) is 0 Å². The number of aryl methyl sites for hydroxylation is 2. The average molecular weight is 260 g/mol. The smallest absolute Gasteiger partial charge is 0.248 e. The SMILES string of the molecule is Cc1cc(CNc2ccc(C(N)=O)cc2)c(C)s1. The topological polar surface area (TPSA) is 55.1 Å². The number of hydrogen-bond donors (Lipinski definition) is 2. The maximum Gasteiger partial charge on any atom is 0.248 e. The van der Waals surface area contributed by atoms with Crippen LogP contribution in [0.15, 0.2) is 30.3 Å². The molecule has 2 rings (SSSR count). The molecule has 0 unspecified atom stereocenters. The van der Waals surface area contributed by atoms with Crippen molar-refractivity contribution in [1.29, 1.82) is 0 Å². The van der Waals surface area contributed by atoms with Gasteiger partial charge in [0.2, 0.25) is 5.91 Å². The van der Waals surface area contributed by atoms with Gasteiger partial charge in [0.05, 0.1) is 0 Å². The first-order valence-corrected chi connectivity index (χ1v) is 6.57. The highest BCUT2D eigenvalue weighted by molar-refractivity contribution is 7.12. The fourth-order valence-corrected chi connectivity index (χ4v) is 2.75. The number of hydrogen-bond acceptors (Lipinski definition) is 3. The third-order valence-electron chi connectivity index (χ3n) is 2.80. The van der Waals surface area contributed by atoms with Crippen molar-refractivity contribution in [3.05, 3.63) is 51.2 Å². The first-order chi connectivity index (χ1) is 8.56. The van der Waals surface area contributed by atoms with Crippen LogP contribution in [0.5, 0.6) is 0 Å². The van der Waals surface area contributed by atoms with Gasteiger partial charge in [-0.05, 0) is 49.7 Å². The molecular formula is C14H16N2OS. The predicted octanol–water partition coefficient (Wildman–Crippen LogP) is 3.08. The summed E-state index contributed by atoms with van der Waals surface area (Å²) in [6.45, 7) is 5.04. The maximum atomic E-state index is 10.9. The van der Waals surface area contributed by atoms with Crippen LogP contribution in [0.3, 0.4) is 0 Å². The molecule has 0 bridgehead atoms. The summed E-state index contributed by atoms with van der Waals surface area (Å²) < 4.78 is 0. The summed E-state index contributed by atoms with van der Waals surface area (Å²) in [5.41, 5.74) is 8.03. The Morgan fingerprint density at radius 3 is 2.44 bits per heavy atom. The fourth-order valence-electron chi connectivity index (χ4n) is 1.81. The van der Waals surface area contributed by atoms with Gasteiger partial charge in [0.15, 0.2) is 0 Å². The lowest BCUT2D eigenvalue weighted by Crippen LogP contribution is -2.10. The van der Waals surface area contributed by atoms with E-state index in [1.165, 1.54) is 15.3 Å². The minimum Gasteiger partial charge on any atom is -0.381 e. The molecule has 0 atom stereocenters. The fraction of sp³-hybridized carbons (Fsp3) is 0.214. The molecule has 18 heavy (non-hydrogen) atoms. The summed E-state index contributed by atoms with van der Waals surface area (Å²) in [6.07, 6.45) is 0. The number of thiophene rings is 1. The molecule has 2 aromatic rings. The van der Waals surface area contributed by atoms with Crippen molar-refractivity contribution in [2.45, 2.75) is 20.4 Å². The molecule has 1 aromatic carbocycles. The molecule has 0 fully saturated rings. The van der Waals surface area contributed by atoms with E-state index in [0.29, 0.717) is 5.56 Å². The zero-order chi connectivity index (χ0) is 13.1. The molecule has 94 valence electrons. The molecule has 0 saturated carbocycles. The largest absolute Gasteiger partial charge is 0.381 e. The summed E-state index contributed by atoms with van der Waals surface area (Å²) in [5, 5.41) is 3.34. The Kier molecular flexibility index (Phi) is 3.67. The van der Waals surface area contributed by atoms with E-state index in [1.54, 1.807) is 12.1 Å². The monoisotopic (exact) mass is 260 g/mol. The molecule has 0 aliphatic carbocycles. The van der Waals surface area contributed by atoms with Crippen LogP contribution >= 0.6 is 11.3 Å². The van der Waals surface area contributed by atoms with Gasteiger partial charge in [0.25, 0.3) is 0 Å². The predicted molar refractivity (Wildman–Crippen MR) is 76.1 cm³/mol. The molecule has 1 aromatic heterocycles. The molecule has 0 radical (unpaired) electrons. The van der Waals surface area contributed by atoms with Crippen molar-refractivity contribution in [3.63, 3.8) is 0 Å². The zero-order valence-electron chi connectivity index (χ0n) is 10.5. The number of nitrogens with two attached hydrogens (primary N) is 1. The Morgan fingerprint density at radius 2 is 1.94 bits per heavy atom. The normalized spacial score (nSPS) is 10.3. The molecule has 3 N–H and O–H groups in total. The Balaban J connectivity index is 2.02. The van der Waals surface area contributed by atoms with Crippen LogP contribution in [0.4, 0.5) is 5.69 Å². The first kappa shape index (κ1) is 12.6. The Bertz CT molecular complexity index is 558. The Morgan fingerprint density at radius 1 is 1.28 bits per heavy atom. The van der Waals surface area contributed by atoms with E-state index in [4.69, 9.17) is 5.73 Å². The van der Waals surface area contributed by atoms with E-state index in [-0.39, 0.29) is 0 Å². The standard InChI is InChI=1S/C14H16N2OS/c1-9-7-12(10(2)18-9)8-16-13-5-3-11(4-6-13)14(15)17/h3-7,16H,8H2,1-2H3,(H2,15,17). The van der Waals surface area contributed by atoms with Gasteiger partial charge in [-0.25, -0.2) is 0 Å². The third kappa shape index (κ3) is 2.90. The minimum absolute atomic E-state index is 0.397. The second-order valence-corrected chi connectivity index (χ2v) is 5.69. The van der Waals surface area contributed by atoms with Gasteiger partial charge in [0.1, 0.15) is 0 Å². The highest BCUT2D eigenvalue weighted by Crippen LogP contribution is 2.21. The average Bonchev–Trinajstić information content (AvgIpc) is 2.66. The molecule has 0 saturated heterocycles. The number of nitrogens with one attached hydrogen (secondary N) is 1. The van der Waals surface area contributed by atoms with Crippen LogP contribution in [0.25, 0.3) is 0 Å². The van der Waals surface area contributed by atoms with Gasteiger partial charge < -0.3 is 11.1 Å². The van der Waals surface area contributed by atoms with Gasteiger partial charge in [-0.15, -0.1) is 11.3 Å². The van der Waals surface area contributed by atoms with Crippen LogP contribution in [0.1, 0.15) is 25.7 Å². The summed E-state index contributed by atoms with van der Waals surface area (Å²) in [4.78, 5) is 13.6. The van der Waals surface area contributed by atoms with E-state index in [1.807, 2.05) is 23.5 Å². The number of anilines is 1. The van der Waals surface area contributed by atoms with Gasteiger partial charge in [-0.2, -0.15) is 0 Å². The molecule has 0 aliphatic heterocycles. The minimum atomic E-state index is -0.397. The van der Waals surface area contributed by atoms with Crippen molar-refractivity contribution in [1.82, 2.24) is 0 Å². The highest BCUT2D eigenvalue weighted by atomic mass is 32.1. The zero-order valence-corrected chi connectivity index (χ0v) is 11.3. The molecule has 4 heteroatoms. The third-order valence-corrected chi connectivity index (χ3v) is 3.80. The lowest BCUT2D eigenvalue weighted by molar-refractivity contribution is 0.100. The van der Waals surface area contributed by atoms with Crippen LogP contribution in [0.2, 0.25) is 0 Å². The summed E-state index contributed by atoms with van der Waals surface area (Å²) in [7, 11) is 0. The molecule has 1 heterocycles. The summed E-state index contributed by atoms with van der Waals surface area (Å²) in [5.74, 6) is -0.397. The van der Waals surface area contributed by atoms with Crippen LogP contribution in [-0.4, -0.2) is 5.91 Å². The highest BCUT2D eigenvalue weighted by Gasteiger charge is 2.03. The van der Waals surface area contributed by atoms with Crippen molar-refractivity contribution >= 4 is 22.9 Å². The number of rotatable bonds is 4. The van der Waals surface area contributed by atoms with Crippen molar-refractivity contribution in [2.75, 3.05) is 5.32 Å². The van der Waals surface area contributed by atoms with Crippen LogP contribution < -0.4 is 11.1 Å². The second-order valence-electron chi connectivity index (χ2n) is 4.23. The quantitative estimate of drug-likeness (QED) is 0.887. The lowest BCUT2D eigenvalue weighted by Gasteiger charge is -2.06. The van der Waals surface area contributed by atoms with Crippen molar-refractivity contribution in [3.8, 4) is 0 Å². The molecule has 0 aliphatic rings. The number of primary amides is 1.